The first-order valence-corrected chi connectivity index (χ1v) is 7.67. The van der Waals surface area contributed by atoms with Gasteiger partial charge in [0.15, 0.2) is 0 Å². The van der Waals surface area contributed by atoms with Crippen molar-refractivity contribution in [3.05, 3.63) is 0 Å². The van der Waals surface area contributed by atoms with Crippen LogP contribution in [-0.2, 0) is 9.59 Å². The summed E-state index contributed by atoms with van der Waals surface area (Å²) < 4.78 is 0. The van der Waals surface area contributed by atoms with Gasteiger partial charge in [0.1, 0.15) is 0 Å². The Morgan fingerprint density at radius 1 is 1.15 bits per heavy atom. The second-order valence-corrected chi connectivity index (χ2v) is 6.53. The van der Waals surface area contributed by atoms with Gasteiger partial charge in [-0.05, 0) is 39.5 Å². The Morgan fingerprint density at radius 2 is 1.70 bits per heavy atom. The van der Waals surface area contributed by atoms with Gasteiger partial charge in [-0.1, -0.05) is 13.3 Å². The van der Waals surface area contributed by atoms with Crippen molar-refractivity contribution in [3.8, 4) is 0 Å². The summed E-state index contributed by atoms with van der Waals surface area (Å²) in [4.78, 5) is 24.0. The van der Waals surface area contributed by atoms with E-state index in [-0.39, 0.29) is 17.9 Å². The van der Waals surface area contributed by atoms with Crippen molar-refractivity contribution < 1.29 is 14.7 Å². The number of amides is 1. The van der Waals surface area contributed by atoms with Crippen LogP contribution in [0.25, 0.3) is 0 Å². The van der Waals surface area contributed by atoms with Crippen molar-refractivity contribution >= 4 is 11.9 Å². The van der Waals surface area contributed by atoms with Crippen LogP contribution in [0.5, 0.6) is 0 Å². The molecule has 2 fully saturated rings. The summed E-state index contributed by atoms with van der Waals surface area (Å²) in [5.41, 5.74) is 0. The average molecular weight is 282 g/mol. The number of aliphatic carboxylic acids is 1. The first-order chi connectivity index (χ1) is 9.34. The Kier molecular flexibility index (Phi) is 4.37. The molecule has 2 aliphatic rings. The first kappa shape index (κ1) is 15.3. The number of hydrogen-bond donors (Lipinski definition) is 1. The molecule has 0 aromatic carbocycles. The predicted octanol–water partition coefficient (Wildman–Crippen LogP) is 2.12. The zero-order chi connectivity index (χ0) is 15.0. The lowest BCUT2D eigenvalue weighted by Gasteiger charge is -2.52. The third-order valence-electron chi connectivity index (χ3n) is 4.95. The van der Waals surface area contributed by atoms with Gasteiger partial charge in [-0.25, -0.2) is 5.01 Å². The van der Waals surface area contributed by atoms with Gasteiger partial charge in [0.05, 0.1) is 12.0 Å². The molecule has 1 amide bonds. The second-order valence-electron chi connectivity index (χ2n) is 6.53. The SMILES string of the molecule is CC1CC(=O)N(N2C(C)CCCC2C)C(C)C1C(=O)O. The van der Waals surface area contributed by atoms with Crippen molar-refractivity contribution in [1.29, 1.82) is 0 Å². The quantitative estimate of drug-likeness (QED) is 0.843. The van der Waals surface area contributed by atoms with Gasteiger partial charge in [0.25, 0.3) is 0 Å². The number of carbonyl (C=O) groups excluding carboxylic acids is 1. The van der Waals surface area contributed by atoms with E-state index in [4.69, 9.17) is 0 Å². The summed E-state index contributed by atoms with van der Waals surface area (Å²) >= 11 is 0. The van der Waals surface area contributed by atoms with E-state index in [9.17, 15) is 14.7 Å². The van der Waals surface area contributed by atoms with Crippen LogP contribution < -0.4 is 0 Å². The van der Waals surface area contributed by atoms with Crippen molar-refractivity contribution in [2.45, 2.75) is 71.5 Å². The number of nitrogens with zero attached hydrogens (tertiary/aromatic N) is 2. The fourth-order valence-electron chi connectivity index (χ4n) is 3.97. The zero-order valence-electron chi connectivity index (χ0n) is 12.9. The van der Waals surface area contributed by atoms with E-state index in [0.29, 0.717) is 18.5 Å². The molecule has 0 aliphatic carbocycles. The molecule has 1 N–H and O–H groups in total. The number of rotatable bonds is 2. The fourth-order valence-corrected chi connectivity index (χ4v) is 3.97. The minimum atomic E-state index is -0.792. The van der Waals surface area contributed by atoms with Crippen LogP contribution in [0.1, 0.15) is 53.4 Å². The molecule has 0 radical (unpaired) electrons. The Hall–Kier alpha value is -1.10. The molecule has 0 aromatic heterocycles. The summed E-state index contributed by atoms with van der Waals surface area (Å²) in [5, 5.41) is 13.4. The fraction of sp³-hybridized carbons (Fsp3) is 0.867. The van der Waals surface area contributed by atoms with Crippen molar-refractivity contribution in [3.63, 3.8) is 0 Å². The Balaban J connectivity index is 2.28. The van der Waals surface area contributed by atoms with Gasteiger partial charge in [-0.15, -0.1) is 0 Å². The molecule has 5 nitrogen and oxygen atoms in total. The smallest absolute Gasteiger partial charge is 0.308 e. The molecule has 2 heterocycles. The standard InChI is InChI=1S/C15H26N2O3/c1-9-8-13(18)17(12(4)14(9)15(19)20)16-10(2)6-5-7-11(16)3/h9-12,14H,5-8H2,1-4H3,(H,19,20). The predicted molar refractivity (Wildman–Crippen MR) is 75.8 cm³/mol. The van der Waals surface area contributed by atoms with E-state index in [0.717, 1.165) is 12.8 Å². The molecule has 5 heteroatoms. The van der Waals surface area contributed by atoms with E-state index in [2.05, 4.69) is 18.9 Å². The molecule has 2 rings (SSSR count). The summed E-state index contributed by atoms with van der Waals surface area (Å²) in [6.07, 6.45) is 3.63. The third-order valence-corrected chi connectivity index (χ3v) is 4.95. The second kappa shape index (κ2) is 5.72. The minimum absolute atomic E-state index is 0.0723. The van der Waals surface area contributed by atoms with Crippen molar-refractivity contribution in [2.24, 2.45) is 11.8 Å². The van der Waals surface area contributed by atoms with Gasteiger partial charge in [-0.2, -0.15) is 0 Å². The van der Waals surface area contributed by atoms with Crippen LogP contribution in [0.3, 0.4) is 0 Å². The molecule has 5 atom stereocenters. The van der Waals surface area contributed by atoms with Crippen LogP contribution in [0, 0.1) is 11.8 Å². The van der Waals surface area contributed by atoms with Gasteiger partial charge in [-0.3, -0.25) is 14.6 Å². The number of carboxylic acids is 1. The monoisotopic (exact) mass is 282 g/mol. The average Bonchev–Trinajstić information content (AvgIpc) is 2.31. The molecule has 2 aliphatic heterocycles. The number of hydrogen-bond acceptors (Lipinski definition) is 3. The molecule has 0 aromatic rings. The van der Waals surface area contributed by atoms with Gasteiger partial charge in [0, 0.05) is 18.5 Å². The van der Waals surface area contributed by atoms with Crippen LogP contribution in [0.15, 0.2) is 0 Å². The lowest BCUT2D eigenvalue weighted by atomic mass is 9.81. The van der Waals surface area contributed by atoms with Gasteiger partial charge < -0.3 is 5.11 Å². The van der Waals surface area contributed by atoms with E-state index in [1.54, 1.807) is 5.01 Å². The van der Waals surface area contributed by atoms with E-state index in [1.807, 2.05) is 13.8 Å². The summed E-state index contributed by atoms with van der Waals surface area (Å²) in [7, 11) is 0. The number of piperidine rings is 2. The van der Waals surface area contributed by atoms with Crippen LogP contribution in [-0.4, -0.2) is 45.1 Å². The summed E-state index contributed by atoms with van der Waals surface area (Å²) in [6.45, 7) is 8.00. The summed E-state index contributed by atoms with van der Waals surface area (Å²) in [5.74, 6) is -1.29. The topological polar surface area (TPSA) is 60.9 Å². The summed E-state index contributed by atoms with van der Waals surface area (Å²) in [6, 6.07) is 0.327. The maximum atomic E-state index is 12.5. The van der Waals surface area contributed by atoms with Gasteiger partial charge >= 0.3 is 5.97 Å². The van der Waals surface area contributed by atoms with Crippen molar-refractivity contribution in [2.75, 3.05) is 0 Å². The maximum Gasteiger partial charge on any atom is 0.308 e. The van der Waals surface area contributed by atoms with E-state index in [1.165, 1.54) is 6.42 Å². The normalized spacial score (nSPS) is 39.9. The maximum absolute atomic E-state index is 12.5. The lowest BCUT2D eigenvalue weighted by Crippen LogP contribution is -2.64. The largest absolute Gasteiger partial charge is 0.481 e. The highest BCUT2D eigenvalue weighted by Crippen LogP contribution is 2.35. The Labute approximate surface area is 120 Å². The highest BCUT2D eigenvalue weighted by atomic mass is 16.4. The first-order valence-electron chi connectivity index (χ1n) is 7.67. The molecule has 2 saturated heterocycles. The minimum Gasteiger partial charge on any atom is -0.481 e. The molecule has 0 bridgehead atoms. The molecule has 0 spiro atoms. The highest BCUT2D eigenvalue weighted by Gasteiger charge is 2.46. The van der Waals surface area contributed by atoms with Crippen LogP contribution >= 0.6 is 0 Å². The number of carbonyl (C=O) groups is 2. The molecule has 5 unspecified atom stereocenters. The van der Waals surface area contributed by atoms with Crippen LogP contribution in [0.4, 0.5) is 0 Å². The van der Waals surface area contributed by atoms with E-state index < -0.39 is 11.9 Å². The Bertz CT molecular complexity index is 389. The molecule has 0 saturated carbocycles. The third kappa shape index (κ3) is 2.55. The molecular formula is C15H26N2O3. The van der Waals surface area contributed by atoms with Crippen LogP contribution in [0.2, 0.25) is 0 Å². The van der Waals surface area contributed by atoms with Gasteiger partial charge in [0.2, 0.25) is 5.91 Å². The van der Waals surface area contributed by atoms with Crippen molar-refractivity contribution in [1.82, 2.24) is 10.0 Å². The number of carboxylic acid groups (broad SMARTS) is 1. The zero-order valence-corrected chi connectivity index (χ0v) is 12.9. The number of hydrazine groups is 1. The molecular weight excluding hydrogens is 256 g/mol. The lowest BCUT2D eigenvalue weighted by molar-refractivity contribution is -0.190. The Morgan fingerprint density at radius 3 is 2.20 bits per heavy atom. The molecule has 20 heavy (non-hydrogen) atoms. The molecule has 114 valence electrons. The van der Waals surface area contributed by atoms with E-state index >= 15 is 0 Å². The highest BCUT2D eigenvalue weighted by molar-refractivity contribution is 5.81.